The highest BCUT2D eigenvalue weighted by Crippen LogP contribution is 2.24. The van der Waals surface area contributed by atoms with Crippen molar-refractivity contribution in [1.82, 2.24) is 0 Å². The van der Waals surface area contributed by atoms with Gasteiger partial charge in [0.05, 0.1) is 6.61 Å². The first-order valence-electron chi connectivity index (χ1n) is 7.01. The molecule has 5 nitrogen and oxygen atoms in total. The van der Waals surface area contributed by atoms with E-state index in [4.69, 9.17) is 4.74 Å². The Morgan fingerprint density at radius 1 is 1.25 bits per heavy atom. The summed E-state index contributed by atoms with van der Waals surface area (Å²) in [4.78, 5) is 13.7. The second kappa shape index (κ2) is 6.72. The lowest BCUT2D eigenvalue weighted by molar-refractivity contribution is -0.159. The van der Waals surface area contributed by atoms with Gasteiger partial charge in [0.2, 0.25) is 0 Å². The third-order valence-corrected chi connectivity index (χ3v) is 3.53. The number of hydrogen-bond acceptors (Lipinski definition) is 5. The van der Waals surface area contributed by atoms with Crippen molar-refractivity contribution in [3.63, 3.8) is 0 Å². The number of aliphatic hydroxyl groups is 2. The minimum absolute atomic E-state index is 0.177. The number of esters is 1. The van der Waals surface area contributed by atoms with E-state index < -0.39 is 18.2 Å². The van der Waals surface area contributed by atoms with Crippen molar-refractivity contribution in [1.29, 1.82) is 0 Å². The van der Waals surface area contributed by atoms with Crippen LogP contribution in [0.15, 0.2) is 24.3 Å². The molecule has 0 bridgehead atoms. The van der Waals surface area contributed by atoms with Crippen LogP contribution < -0.4 is 4.90 Å². The number of ether oxygens (including phenoxy) is 1. The lowest BCUT2D eigenvalue weighted by Crippen LogP contribution is -2.29. The van der Waals surface area contributed by atoms with Crippen molar-refractivity contribution < 1.29 is 19.7 Å². The van der Waals surface area contributed by atoms with Crippen molar-refractivity contribution in [2.75, 3.05) is 24.6 Å². The second-order valence-electron chi connectivity index (χ2n) is 4.93. The van der Waals surface area contributed by atoms with E-state index >= 15 is 0 Å². The van der Waals surface area contributed by atoms with Gasteiger partial charge in [-0.05, 0) is 37.5 Å². The van der Waals surface area contributed by atoms with E-state index in [1.165, 1.54) is 12.8 Å². The van der Waals surface area contributed by atoms with Gasteiger partial charge in [-0.3, -0.25) is 0 Å². The zero-order valence-electron chi connectivity index (χ0n) is 11.7. The fourth-order valence-corrected chi connectivity index (χ4v) is 2.40. The molecule has 1 heterocycles. The molecular weight excluding hydrogens is 258 g/mol. The van der Waals surface area contributed by atoms with Crippen LogP contribution in [0.4, 0.5) is 5.69 Å². The van der Waals surface area contributed by atoms with Crippen molar-refractivity contribution in [2.45, 2.75) is 32.0 Å². The summed E-state index contributed by atoms with van der Waals surface area (Å²) >= 11 is 0. The van der Waals surface area contributed by atoms with Gasteiger partial charge in [-0.25, -0.2) is 4.79 Å². The Kier molecular flexibility index (Phi) is 4.98. The smallest absolute Gasteiger partial charge is 0.338 e. The Bertz CT molecular complexity index is 440. The summed E-state index contributed by atoms with van der Waals surface area (Å²) in [6.07, 6.45) is -0.410. The zero-order valence-corrected chi connectivity index (χ0v) is 11.7. The maximum absolute atomic E-state index is 11.4. The number of benzene rings is 1. The van der Waals surface area contributed by atoms with Gasteiger partial charge in [-0.1, -0.05) is 12.1 Å². The Labute approximate surface area is 118 Å². The van der Waals surface area contributed by atoms with Gasteiger partial charge < -0.3 is 19.8 Å². The predicted molar refractivity (Wildman–Crippen MR) is 75.5 cm³/mol. The molecule has 2 unspecified atom stereocenters. The Hall–Kier alpha value is -1.59. The molecule has 5 heteroatoms. The van der Waals surface area contributed by atoms with Gasteiger partial charge >= 0.3 is 5.97 Å². The quantitative estimate of drug-likeness (QED) is 0.794. The third-order valence-electron chi connectivity index (χ3n) is 3.53. The molecule has 0 saturated carbocycles. The van der Waals surface area contributed by atoms with Crippen LogP contribution in [0.2, 0.25) is 0 Å². The summed E-state index contributed by atoms with van der Waals surface area (Å²) in [5, 5.41) is 19.7. The third kappa shape index (κ3) is 3.29. The monoisotopic (exact) mass is 279 g/mol. The second-order valence-corrected chi connectivity index (χ2v) is 4.93. The number of carbonyl (C=O) groups excluding carboxylic acids is 1. The number of rotatable bonds is 5. The molecule has 0 amide bonds. The van der Waals surface area contributed by atoms with Crippen LogP contribution in [-0.2, 0) is 9.53 Å². The fourth-order valence-electron chi connectivity index (χ4n) is 2.40. The van der Waals surface area contributed by atoms with Crippen molar-refractivity contribution >= 4 is 11.7 Å². The average molecular weight is 279 g/mol. The van der Waals surface area contributed by atoms with E-state index in [9.17, 15) is 15.0 Å². The number of carbonyl (C=O) groups is 1. The summed E-state index contributed by atoms with van der Waals surface area (Å²) in [5.74, 6) is -0.802. The van der Waals surface area contributed by atoms with Gasteiger partial charge in [0.25, 0.3) is 0 Å². The first kappa shape index (κ1) is 14.8. The highest BCUT2D eigenvalue weighted by Gasteiger charge is 2.27. The van der Waals surface area contributed by atoms with Gasteiger partial charge in [-0.2, -0.15) is 0 Å². The maximum Gasteiger partial charge on any atom is 0.338 e. The molecular formula is C15H21NO4. The van der Waals surface area contributed by atoms with Gasteiger partial charge in [0.1, 0.15) is 6.10 Å². The Morgan fingerprint density at radius 3 is 2.40 bits per heavy atom. The van der Waals surface area contributed by atoms with Crippen LogP contribution in [0.25, 0.3) is 0 Å². The topological polar surface area (TPSA) is 70.0 Å². The molecule has 0 aliphatic carbocycles. The minimum Gasteiger partial charge on any atom is -0.464 e. The number of anilines is 1. The van der Waals surface area contributed by atoms with Crippen LogP contribution in [0.3, 0.4) is 0 Å². The first-order valence-corrected chi connectivity index (χ1v) is 7.01. The summed E-state index contributed by atoms with van der Waals surface area (Å²) in [6.45, 7) is 3.93. The molecule has 2 rings (SSSR count). The van der Waals surface area contributed by atoms with Gasteiger partial charge in [0.15, 0.2) is 6.10 Å². The molecule has 1 saturated heterocycles. The highest BCUT2D eigenvalue weighted by atomic mass is 16.5. The Morgan fingerprint density at radius 2 is 1.85 bits per heavy atom. The van der Waals surface area contributed by atoms with Crippen molar-refractivity contribution in [2.24, 2.45) is 0 Å². The molecule has 110 valence electrons. The van der Waals surface area contributed by atoms with Gasteiger partial charge in [0, 0.05) is 18.8 Å². The highest BCUT2D eigenvalue weighted by molar-refractivity contribution is 5.75. The molecule has 20 heavy (non-hydrogen) atoms. The lowest BCUT2D eigenvalue weighted by Gasteiger charge is -2.20. The molecule has 0 aromatic heterocycles. The fraction of sp³-hybridized carbons (Fsp3) is 0.533. The average Bonchev–Trinajstić information content (AvgIpc) is 3.00. The van der Waals surface area contributed by atoms with Crippen LogP contribution >= 0.6 is 0 Å². The van der Waals surface area contributed by atoms with Crippen LogP contribution in [-0.4, -0.2) is 42.0 Å². The minimum atomic E-state index is -1.55. The van der Waals surface area contributed by atoms with E-state index in [0.29, 0.717) is 5.56 Å². The van der Waals surface area contributed by atoms with Crippen LogP contribution in [0.1, 0.15) is 31.4 Å². The summed E-state index contributed by atoms with van der Waals surface area (Å²) < 4.78 is 4.69. The SMILES string of the molecule is CCOC(=O)C(O)C(O)c1ccc(N2CCCC2)cc1. The van der Waals surface area contributed by atoms with E-state index in [0.717, 1.165) is 18.8 Å². The molecule has 2 N–H and O–H groups in total. The number of nitrogens with zero attached hydrogens (tertiary/aromatic N) is 1. The molecule has 0 radical (unpaired) electrons. The van der Waals surface area contributed by atoms with Crippen LogP contribution in [0.5, 0.6) is 0 Å². The molecule has 1 aliphatic rings. The standard InChI is InChI=1S/C15H21NO4/c1-2-20-15(19)14(18)13(17)11-5-7-12(8-6-11)16-9-3-4-10-16/h5-8,13-14,17-18H,2-4,9-10H2,1H3. The molecule has 0 spiro atoms. The summed E-state index contributed by atoms with van der Waals surface area (Å²) in [7, 11) is 0. The summed E-state index contributed by atoms with van der Waals surface area (Å²) in [5.41, 5.74) is 1.61. The number of aliphatic hydroxyl groups excluding tert-OH is 2. The van der Waals surface area contributed by atoms with E-state index in [1.54, 1.807) is 19.1 Å². The van der Waals surface area contributed by atoms with Gasteiger partial charge in [-0.15, -0.1) is 0 Å². The largest absolute Gasteiger partial charge is 0.464 e. The van der Waals surface area contributed by atoms with E-state index in [-0.39, 0.29) is 6.61 Å². The van der Waals surface area contributed by atoms with Crippen molar-refractivity contribution in [3.05, 3.63) is 29.8 Å². The van der Waals surface area contributed by atoms with E-state index in [2.05, 4.69) is 4.90 Å². The summed E-state index contributed by atoms with van der Waals surface area (Å²) in [6, 6.07) is 7.28. The van der Waals surface area contributed by atoms with Crippen LogP contribution in [0, 0.1) is 0 Å². The normalized spacial score (nSPS) is 17.9. The lowest BCUT2D eigenvalue weighted by atomic mass is 10.0. The van der Waals surface area contributed by atoms with Crippen molar-refractivity contribution in [3.8, 4) is 0 Å². The Balaban J connectivity index is 2.03. The maximum atomic E-state index is 11.4. The molecule has 1 aliphatic heterocycles. The zero-order chi connectivity index (χ0) is 14.5. The van der Waals surface area contributed by atoms with E-state index in [1.807, 2.05) is 12.1 Å². The molecule has 2 atom stereocenters. The molecule has 1 fully saturated rings. The first-order chi connectivity index (χ1) is 9.63. The number of hydrogen-bond donors (Lipinski definition) is 2. The molecule has 1 aromatic carbocycles. The molecule has 1 aromatic rings. The predicted octanol–water partition coefficient (Wildman–Crippen LogP) is 1.24.